The predicted octanol–water partition coefficient (Wildman–Crippen LogP) is 7.25. The normalized spacial score (nSPS) is 15.6. The summed E-state index contributed by atoms with van der Waals surface area (Å²) in [5.74, 6) is 7.30. The second kappa shape index (κ2) is 15.3. The van der Waals surface area contributed by atoms with Gasteiger partial charge in [0.25, 0.3) is 0 Å². The van der Waals surface area contributed by atoms with Crippen molar-refractivity contribution in [2.75, 3.05) is 13.7 Å². The number of furan rings is 1. The third-order valence-corrected chi connectivity index (χ3v) is 6.81. The zero-order valence-electron chi connectivity index (χ0n) is 25.0. The van der Waals surface area contributed by atoms with Gasteiger partial charge in [0.15, 0.2) is 0 Å². The summed E-state index contributed by atoms with van der Waals surface area (Å²) in [7, 11) is 1.00. The van der Waals surface area contributed by atoms with Crippen LogP contribution in [0.25, 0.3) is 11.0 Å². The second-order valence-electron chi connectivity index (χ2n) is 11.4. The van der Waals surface area contributed by atoms with E-state index in [0.29, 0.717) is 35.3 Å². The van der Waals surface area contributed by atoms with Gasteiger partial charge in [-0.2, -0.15) is 0 Å². The Morgan fingerprint density at radius 3 is 2.29 bits per heavy atom. The van der Waals surface area contributed by atoms with Gasteiger partial charge in [0, 0.05) is 35.6 Å². The van der Waals surface area contributed by atoms with Gasteiger partial charge in [-0.3, -0.25) is 0 Å². The minimum absolute atomic E-state index is 0.00630. The van der Waals surface area contributed by atoms with E-state index in [1.165, 1.54) is 5.56 Å². The van der Waals surface area contributed by atoms with Crippen LogP contribution >= 0.6 is 0 Å². The first-order valence-electron chi connectivity index (χ1n) is 14.3. The molecule has 1 unspecified atom stereocenters. The number of aliphatic hydroxyl groups excluding tert-OH is 1. The Morgan fingerprint density at radius 2 is 1.63 bits per heavy atom. The van der Waals surface area contributed by atoms with Crippen LogP contribution in [0.4, 0.5) is 0 Å². The highest BCUT2D eigenvalue weighted by molar-refractivity contribution is 5.93. The first-order valence-corrected chi connectivity index (χ1v) is 14.3. The minimum atomic E-state index is -0.583. The van der Waals surface area contributed by atoms with Gasteiger partial charge < -0.3 is 19.0 Å². The average Bonchev–Trinajstić information content (AvgIpc) is 3.53. The number of rotatable bonds is 9. The number of ether oxygens (including phenoxy) is 2. The number of carbonyl (C=O) groups excluding carboxylic acids is 2. The minimum Gasteiger partial charge on any atom is -0.456 e. The van der Waals surface area contributed by atoms with Crippen LogP contribution in [0.1, 0.15) is 80.6 Å². The van der Waals surface area contributed by atoms with Crippen molar-refractivity contribution < 1.29 is 28.6 Å². The molecule has 6 nitrogen and oxygen atoms in total. The monoisotopic (exact) mass is 558 g/mol. The number of cyclic esters (lactones) is 1. The molecule has 0 saturated carbocycles. The lowest BCUT2D eigenvalue weighted by Gasteiger charge is -2.19. The molecule has 0 amide bonds. The maximum absolute atomic E-state index is 12.7. The molecule has 0 radical (unpaired) electrons. The van der Waals surface area contributed by atoms with Crippen molar-refractivity contribution in [1.82, 2.24) is 0 Å². The Morgan fingerprint density at radius 1 is 1.00 bits per heavy atom. The van der Waals surface area contributed by atoms with E-state index in [-0.39, 0.29) is 18.3 Å². The lowest BCUT2D eigenvalue weighted by molar-refractivity contribution is -0.140. The van der Waals surface area contributed by atoms with Gasteiger partial charge in [-0.05, 0) is 80.3 Å². The summed E-state index contributed by atoms with van der Waals surface area (Å²) in [6.45, 7) is 11.0. The van der Waals surface area contributed by atoms with Crippen LogP contribution < -0.4 is 0 Å². The Kier molecular flexibility index (Phi) is 11.8. The highest BCUT2D eigenvalue weighted by Crippen LogP contribution is 2.28. The van der Waals surface area contributed by atoms with E-state index < -0.39 is 12.1 Å². The molecule has 6 heteroatoms. The molecule has 41 heavy (non-hydrogen) atoms. The van der Waals surface area contributed by atoms with E-state index in [4.69, 9.17) is 19.0 Å². The van der Waals surface area contributed by atoms with E-state index in [1.807, 2.05) is 49.4 Å². The number of hydrogen-bond acceptors (Lipinski definition) is 6. The molecule has 0 bridgehead atoms. The quantitative estimate of drug-likeness (QED) is 0.169. The second-order valence-corrected chi connectivity index (χ2v) is 11.4. The summed E-state index contributed by atoms with van der Waals surface area (Å²) in [6, 6.07) is 15.2. The maximum Gasteiger partial charge on any atom is 0.374 e. The number of fused-ring (bicyclic) bond motifs is 1. The summed E-state index contributed by atoms with van der Waals surface area (Å²) in [5, 5.41) is 7.77. The van der Waals surface area contributed by atoms with E-state index in [2.05, 4.69) is 39.5 Å². The van der Waals surface area contributed by atoms with Crippen LogP contribution in [0.5, 0.6) is 0 Å². The number of carbonyl (C=O) groups is 2. The molecular weight excluding hydrogens is 516 g/mol. The van der Waals surface area contributed by atoms with Crippen molar-refractivity contribution in [3.05, 3.63) is 82.6 Å². The van der Waals surface area contributed by atoms with Gasteiger partial charge in [0.2, 0.25) is 5.76 Å². The smallest absolute Gasteiger partial charge is 0.374 e. The fourth-order valence-corrected chi connectivity index (χ4v) is 5.03. The molecule has 218 valence electrons. The standard InChI is InChI=1S/C34H38O5.CH4O/c1-22(2)16-27(17-23(3)4)12-14-28-19-30(38-33(28)35)21-37-34(36)32-20-29-18-26(13-15-31(29)39-32)11-10-25-8-6-24(5)7-9-25;1-2/h6-9,13-15,18,20,22-23,27,30H,12,16-17,19,21H2,1-5H3;2H,1H3/b28-14+;. The zero-order valence-corrected chi connectivity index (χ0v) is 25.0. The maximum atomic E-state index is 12.7. The Balaban J connectivity index is 0.00000226. The number of esters is 2. The van der Waals surface area contributed by atoms with Crippen LogP contribution in [0, 0.1) is 36.5 Å². The average molecular weight is 559 g/mol. The highest BCUT2D eigenvalue weighted by Gasteiger charge is 2.30. The summed E-state index contributed by atoms with van der Waals surface area (Å²) in [4.78, 5) is 25.1. The highest BCUT2D eigenvalue weighted by atomic mass is 16.6. The van der Waals surface area contributed by atoms with Crippen molar-refractivity contribution in [2.24, 2.45) is 17.8 Å². The van der Waals surface area contributed by atoms with Crippen molar-refractivity contribution in [1.29, 1.82) is 0 Å². The lowest BCUT2D eigenvalue weighted by atomic mass is 9.86. The van der Waals surface area contributed by atoms with E-state index in [1.54, 1.807) is 12.1 Å². The largest absolute Gasteiger partial charge is 0.456 e. The van der Waals surface area contributed by atoms with Crippen molar-refractivity contribution in [3.8, 4) is 11.8 Å². The summed E-state index contributed by atoms with van der Waals surface area (Å²) >= 11 is 0. The van der Waals surface area contributed by atoms with E-state index in [9.17, 15) is 9.59 Å². The van der Waals surface area contributed by atoms with Gasteiger partial charge in [-0.1, -0.05) is 63.3 Å². The van der Waals surface area contributed by atoms with Gasteiger partial charge in [-0.25, -0.2) is 9.59 Å². The molecule has 3 aromatic rings. The molecule has 1 atom stereocenters. The van der Waals surface area contributed by atoms with Crippen molar-refractivity contribution >= 4 is 22.9 Å². The van der Waals surface area contributed by atoms with Crippen LogP contribution in [0.2, 0.25) is 0 Å². The number of benzene rings is 2. The van der Waals surface area contributed by atoms with E-state index >= 15 is 0 Å². The Bertz CT molecular complexity index is 1390. The van der Waals surface area contributed by atoms with Gasteiger partial charge in [0.1, 0.15) is 18.3 Å². The topological polar surface area (TPSA) is 86.0 Å². The van der Waals surface area contributed by atoms with Crippen molar-refractivity contribution in [2.45, 2.75) is 66.4 Å². The van der Waals surface area contributed by atoms with Crippen molar-refractivity contribution in [3.63, 3.8) is 0 Å². The summed E-state index contributed by atoms with van der Waals surface area (Å²) in [5.41, 5.74) is 4.21. The van der Waals surface area contributed by atoms with Crippen LogP contribution in [-0.4, -0.2) is 36.9 Å². The molecule has 2 heterocycles. The SMILES string of the molecule is CO.Cc1ccc(C#Cc2ccc3oc(C(=O)OCC4C/C(=C\CC(CC(C)C)CC(C)C)C(=O)O4)cc3c2)cc1. The van der Waals surface area contributed by atoms with Crippen LogP contribution in [0.15, 0.2) is 64.6 Å². The third-order valence-electron chi connectivity index (χ3n) is 6.81. The van der Waals surface area contributed by atoms with Gasteiger partial charge in [0.05, 0.1) is 0 Å². The van der Waals surface area contributed by atoms with Crippen LogP contribution in [-0.2, 0) is 14.3 Å². The number of aliphatic hydroxyl groups is 1. The molecule has 0 spiro atoms. The number of hydrogen-bond donors (Lipinski definition) is 1. The van der Waals surface area contributed by atoms with Gasteiger partial charge in [-0.15, -0.1) is 0 Å². The van der Waals surface area contributed by atoms with Crippen LogP contribution in [0.3, 0.4) is 0 Å². The third kappa shape index (κ3) is 9.65. The predicted molar refractivity (Wildman–Crippen MR) is 161 cm³/mol. The summed E-state index contributed by atoms with van der Waals surface area (Å²) < 4.78 is 16.6. The molecule has 1 aliphatic rings. The number of aryl methyl sites for hydroxylation is 1. The molecule has 1 aliphatic heterocycles. The Hall–Kier alpha value is -3.82. The molecular formula is C35H42O6. The molecule has 4 rings (SSSR count). The van der Waals surface area contributed by atoms with E-state index in [0.717, 1.165) is 42.9 Å². The first kappa shape index (κ1) is 31.7. The molecule has 1 fully saturated rings. The number of allylic oxidation sites excluding steroid dienone is 1. The molecule has 1 aromatic heterocycles. The molecule has 1 N–H and O–H groups in total. The summed E-state index contributed by atoms with van der Waals surface area (Å²) in [6.07, 6.45) is 5.13. The van der Waals surface area contributed by atoms with Gasteiger partial charge >= 0.3 is 11.9 Å². The molecule has 2 aromatic carbocycles. The fourth-order valence-electron chi connectivity index (χ4n) is 5.03. The fraction of sp³-hybridized carbons (Fsp3) is 0.429. The molecule has 1 saturated heterocycles. The Labute approximate surface area is 243 Å². The molecule has 0 aliphatic carbocycles. The zero-order chi connectivity index (χ0) is 29.9. The first-order chi connectivity index (χ1) is 19.7. The lowest BCUT2D eigenvalue weighted by Crippen LogP contribution is -2.18.